The summed E-state index contributed by atoms with van der Waals surface area (Å²) in [5, 5.41) is 12.9. The van der Waals surface area contributed by atoms with Gasteiger partial charge in [0, 0.05) is 34.2 Å². The van der Waals surface area contributed by atoms with Crippen LogP contribution in [0.5, 0.6) is 5.75 Å². The lowest BCUT2D eigenvalue weighted by Gasteiger charge is -2.33. The molecule has 2 N–H and O–H groups in total. The fourth-order valence-electron chi connectivity index (χ4n) is 3.53. The highest BCUT2D eigenvalue weighted by Gasteiger charge is 2.34. The van der Waals surface area contributed by atoms with E-state index in [1.807, 2.05) is 0 Å². The molecule has 0 bridgehead atoms. The van der Waals surface area contributed by atoms with Crippen molar-refractivity contribution in [1.82, 2.24) is 24.7 Å². The summed E-state index contributed by atoms with van der Waals surface area (Å²) in [6.07, 6.45) is 0.933. The van der Waals surface area contributed by atoms with Crippen LogP contribution in [0.3, 0.4) is 0 Å². The standard InChI is InChI=1S/C21H23BrFN5O5/c1-26(2)20(32)21(33)27(3)14-5-4-8-28-17(14)25-15(16(29)19(28)31)18(30)24-10-11-6-7-13(23)12(22)9-11/h6-7,9,14,29H,4-5,8,10H2,1-3H3,(H,24,30). The van der Waals surface area contributed by atoms with E-state index in [4.69, 9.17) is 0 Å². The predicted molar refractivity (Wildman–Crippen MR) is 119 cm³/mol. The van der Waals surface area contributed by atoms with Crippen molar-refractivity contribution in [2.24, 2.45) is 0 Å². The fourth-order valence-corrected chi connectivity index (χ4v) is 3.95. The quantitative estimate of drug-likeness (QED) is 0.579. The number of aromatic hydroxyl groups is 1. The number of aromatic nitrogens is 2. The zero-order valence-electron chi connectivity index (χ0n) is 18.3. The fraction of sp³-hybridized carbons (Fsp3) is 0.381. The molecule has 10 nitrogen and oxygen atoms in total. The van der Waals surface area contributed by atoms with Crippen LogP contribution in [0.1, 0.15) is 40.8 Å². The van der Waals surface area contributed by atoms with Gasteiger partial charge in [0.15, 0.2) is 5.69 Å². The monoisotopic (exact) mass is 523 g/mol. The Morgan fingerprint density at radius 2 is 1.97 bits per heavy atom. The molecular weight excluding hydrogens is 501 g/mol. The normalized spacial score (nSPS) is 14.9. The molecule has 1 aromatic heterocycles. The average molecular weight is 524 g/mol. The van der Waals surface area contributed by atoms with Crippen LogP contribution >= 0.6 is 15.9 Å². The van der Waals surface area contributed by atoms with Crippen molar-refractivity contribution in [2.75, 3.05) is 21.1 Å². The van der Waals surface area contributed by atoms with Gasteiger partial charge in [-0.2, -0.15) is 0 Å². The lowest BCUT2D eigenvalue weighted by Crippen LogP contribution is -2.45. The molecule has 0 saturated carbocycles. The second kappa shape index (κ2) is 9.69. The Hall–Kier alpha value is -3.28. The molecule has 1 atom stereocenters. The average Bonchev–Trinajstić information content (AvgIpc) is 2.79. The van der Waals surface area contributed by atoms with Gasteiger partial charge in [-0.05, 0) is 46.5 Å². The first kappa shape index (κ1) is 24.4. The van der Waals surface area contributed by atoms with E-state index in [0.717, 1.165) is 4.90 Å². The minimum Gasteiger partial charge on any atom is -0.501 e. The van der Waals surface area contributed by atoms with Gasteiger partial charge in [0.25, 0.3) is 11.5 Å². The number of hydrogen-bond donors (Lipinski definition) is 2. The Morgan fingerprint density at radius 3 is 2.61 bits per heavy atom. The maximum Gasteiger partial charge on any atom is 0.312 e. The lowest BCUT2D eigenvalue weighted by molar-refractivity contribution is -0.151. The van der Waals surface area contributed by atoms with Gasteiger partial charge in [0.05, 0.1) is 10.5 Å². The molecule has 0 saturated heterocycles. The molecule has 33 heavy (non-hydrogen) atoms. The summed E-state index contributed by atoms with van der Waals surface area (Å²) < 4.78 is 14.8. The van der Waals surface area contributed by atoms with Gasteiger partial charge in [-0.25, -0.2) is 9.37 Å². The molecule has 3 amide bonds. The number of carbonyl (C=O) groups is 3. The lowest BCUT2D eigenvalue weighted by atomic mass is 10.0. The van der Waals surface area contributed by atoms with E-state index in [0.29, 0.717) is 18.4 Å². The van der Waals surface area contributed by atoms with Crippen LogP contribution in [-0.4, -0.2) is 63.3 Å². The maximum absolute atomic E-state index is 13.4. The highest BCUT2D eigenvalue weighted by molar-refractivity contribution is 9.10. The van der Waals surface area contributed by atoms with Crippen molar-refractivity contribution in [3.63, 3.8) is 0 Å². The van der Waals surface area contributed by atoms with E-state index < -0.39 is 46.6 Å². The van der Waals surface area contributed by atoms with Crippen LogP contribution in [-0.2, 0) is 22.7 Å². The first-order valence-electron chi connectivity index (χ1n) is 10.1. The molecule has 1 aromatic carbocycles. The van der Waals surface area contributed by atoms with E-state index in [-0.39, 0.29) is 23.4 Å². The van der Waals surface area contributed by atoms with Gasteiger partial charge in [0.1, 0.15) is 11.6 Å². The third-order valence-corrected chi connectivity index (χ3v) is 5.97. The summed E-state index contributed by atoms with van der Waals surface area (Å²) in [4.78, 5) is 56.7. The largest absolute Gasteiger partial charge is 0.501 e. The first-order chi connectivity index (χ1) is 15.5. The smallest absolute Gasteiger partial charge is 0.312 e. The molecule has 1 aliphatic rings. The van der Waals surface area contributed by atoms with E-state index in [1.165, 1.54) is 48.8 Å². The maximum atomic E-state index is 13.4. The van der Waals surface area contributed by atoms with E-state index in [9.17, 15) is 28.7 Å². The molecule has 176 valence electrons. The number of nitrogens with one attached hydrogen (secondary N) is 1. The van der Waals surface area contributed by atoms with Crippen LogP contribution in [0.25, 0.3) is 0 Å². The van der Waals surface area contributed by atoms with Crippen molar-refractivity contribution in [1.29, 1.82) is 0 Å². The Labute approximate surface area is 197 Å². The van der Waals surface area contributed by atoms with Gasteiger partial charge in [-0.15, -0.1) is 0 Å². The number of benzene rings is 1. The Morgan fingerprint density at radius 1 is 1.27 bits per heavy atom. The predicted octanol–water partition coefficient (Wildman–Crippen LogP) is 1.16. The zero-order chi connectivity index (χ0) is 24.4. The number of fused-ring (bicyclic) bond motifs is 1. The van der Waals surface area contributed by atoms with Crippen LogP contribution in [0.4, 0.5) is 4.39 Å². The van der Waals surface area contributed by atoms with Gasteiger partial charge in [0.2, 0.25) is 5.75 Å². The van der Waals surface area contributed by atoms with Crippen LogP contribution < -0.4 is 10.9 Å². The van der Waals surface area contributed by atoms with Crippen LogP contribution in [0.15, 0.2) is 27.5 Å². The molecule has 0 aliphatic carbocycles. The highest BCUT2D eigenvalue weighted by atomic mass is 79.9. The van der Waals surface area contributed by atoms with Gasteiger partial charge in [-0.1, -0.05) is 6.07 Å². The summed E-state index contributed by atoms with van der Waals surface area (Å²) >= 11 is 3.07. The second-order valence-corrected chi connectivity index (χ2v) is 8.68. The van der Waals surface area contributed by atoms with Crippen molar-refractivity contribution >= 4 is 33.7 Å². The van der Waals surface area contributed by atoms with Crippen LogP contribution in [0, 0.1) is 5.82 Å². The topological polar surface area (TPSA) is 125 Å². The van der Waals surface area contributed by atoms with E-state index in [2.05, 4.69) is 26.2 Å². The molecule has 0 spiro atoms. The minimum absolute atomic E-state index is 0.00357. The van der Waals surface area contributed by atoms with E-state index >= 15 is 0 Å². The SMILES string of the molecule is CN(C)C(=O)C(=O)N(C)C1CCCn2c1nc(C(=O)NCc1ccc(F)c(Br)c1)c(O)c2=O. The molecular formula is C21H23BrFN5O5. The summed E-state index contributed by atoms with van der Waals surface area (Å²) in [5.41, 5.74) is -0.713. The Balaban J connectivity index is 1.91. The minimum atomic E-state index is -0.810. The third-order valence-electron chi connectivity index (χ3n) is 5.36. The number of hydrogen-bond acceptors (Lipinski definition) is 6. The molecule has 12 heteroatoms. The molecule has 0 radical (unpaired) electrons. The van der Waals surface area contributed by atoms with Crippen molar-refractivity contribution in [2.45, 2.75) is 32.0 Å². The zero-order valence-corrected chi connectivity index (χ0v) is 19.8. The molecule has 1 aliphatic heterocycles. The summed E-state index contributed by atoms with van der Waals surface area (Å²) in [6.45, 7) is 0.247. The number of amides is 3. The van der Waals surface area contributed by atoms with Crippen molar-refractivity contribution < 1.29 is 23.9 Å². The van der Waals surface area contributed by atoms with Gasteiger partial charge >= 0.3 is 11.8 Å². The number of carbonyl (C=O) groups excluding carboxylic acids is 3. The van der Waals surface area contributed by atoms with Gasteiger partial charge < -0.3 is 20.2 Å². The van der Waals surface area contributed by atoms with Crippen LogP contribution in [0.2, 0.25) is 0 Å². The second-order valence-electron chi connectivity index (χ2n) is 7.83. The molecule has 3 rings (SSSR count). The van der Waals surface area contributed by atoms with Crippen molar-refractivity contribution in [3.8, 4) is 5.75 Å². The number of likely N-dealkylation sites (N-methyl/N-ethyl adjacent to an activating group) is 2. The number of nitrogens with zero attached hydrogens (tertiary/aromatic N) is 4. The summed E-state index contributed by atoms with van der Waals surface area (Å²) in [7, 11) is 4.33. The Bertz CT molecular complexity index is 1180. The third kappa shape index (κ3) is 4.90. The summed E-state index contributed by atoms with van der Waals surface area (Å²) in [6, 6.07) is 3.47. The first-order valence-corrected chi connectivity index (χ1v) is 10.9. The van der Waals surface area contributed by atoms with Crippen molar-refractivity contribution in [3.05, 3.63) is 55.9 Å². The molecule has 0 fully saturated rings. The van der Waals surface area contributed by atoms with Gasteiger partial charge in [-0.3, -0.25) is 23.7 Å². The van der Waals surface area contributed by atoms with E-state index in [1.54, 1.807) is 0 Å². The molecule has 2 heterocycles. The molecule has 1 unspecified atom stereocenters. The number of halogens is 2. The molecule has 2 aromatic rings. The number of rotatable bonds is 4. The summed E-state index contributed by atoms with van der Waals surface area (Å²) in [5.74, 6) is -3.48. The highest BCUT2D eigenvalue weighted by Crippen LogP contribution is 2.29. The Kier molecular flexibility index (Phi) is 7.15.